The molecule has 1 aromatic heterocycles. The van der Waals surface area contributed by atoms with E-state index < -0.39 is 23.3 Å². The molecular formula is C13H19N3O3. The van der Waals surface area contributed by atoms with E-state index in [4.69, 9.17) is 5.11 Å². The predicted molar refractivity (Wildman–Crippen MR) is 71.3 cm³/mol. The largest absolute Gasteiger partial charge is 0.480 e. The van der Waals surface area contributed by atoms with Crippen molar-refractivity contribution in [1.82, 2.24) is 15.1 Å². The first kappa shape index (κ1) is 14.9. The number of nitrogens with zero attached hydrogens (tertiary/aromatic N) is 2. The molecule has 19 heavy (non-hydrogen) atoms. The number of hydrogen-bond acceptors (Lipinski definition) is 3. The molecule has 0 saturated carbocycles. The molecule has 0 aromatic carbocycles. The summed E-state index contributed by atoms with van der Waals surface area (Å²) in [6.07, 6.45) is 4.51. The Morgan fingerprint density at radius 2 is 2.11 bits per heavy atom. The van der Waals surface area contributed by atoms with Gasteiger partial charge in [-0.05, 0) is 17.6 Å². The number of carboxylic acid groups (broad SMARTS) is 1. The Morgan fingerprint density at radius 1 is 1.47 bits per heavy atom. The summed E-state index contributed by atoms with van der Waals surface area (Å²) in [5.74, 6) is -1.49. The molecule has 1 rings (SSSR count). The summed E-state index contributed by atoms with van der Waals surface area (Å²) in [7, 11) is 1.76. The molecule has 0 fully saturated rings. The van der Waals surface area contributed by atoms with Crippen molar-refractivity contribution in [2.45, 2.75) is 26.8 Å². The highest BCUT2D eigenvalue weighted by Crippen LogP contribution is 2.19. The molecule has 0 unspecified atom stereocenters. The normalized spacial score (nSPS) is 13.5. The summed E-state index contributed by atoms with van der Waals surface area (Å²) in [5, 5.41) is 15.5. The monoisotopic (exact) mass is 265 g/mol. The van der Waals surface area contributed by atoms with Gasteiger partial charge in [0.2, 0.25) is 5.91 Å². The fourth-order valence-corrected chi connectivity index (χ4v) is 1.55. The van der Waals surface area contributed by atoms with E-state index in [1.54, 1.807) is 50.8 Å². The summed E-state index contributed by atoms with van der Waals surface area (Å²) in [5.41, 5.74) is 0.208. The summed E-state index contributed by atoms with van der Waals surface area (Å²) in [6.45, 7) is 5.28. The minimum Gasteiger partial charge on any atom is -0.480 e. The molecule has 0 saturated heterocycles. The molecule has 0 aliphatic heterocycles. The van der Waals surface area contributed by atoms with Crippen molar-refractivity contribution >= 4 is 18.0 Å². The zero-order valence-electron chi connectivity index (χ0n) is 11.5. The molecule has 0 bridgehead atoms. The van der Waals surface area contributed by atoms with Crippen molar-refractivity contribution in [2.75, 3.05) is 0 Å². The van der Waals surface area contributed by atoms with Gasteiger partial charge in [0.25, 0.3) is 0 Å². The summed E-state index contributed by atoms with van der Waals surface area (Å²) < 4.78 is 1.61. The van der Waals surface area contributed by atoms with E-state index in [2.05, 4.69) is 10.4 Å². The van der Waals surface area contributed by atoms with Gasteiger partial charge < -0.3 is 10.4 Å². The van der Waals surface area contributed by atoms with E-state index in [-0.39, 0.29) is 0 Å². The molecule has 0 radical (unpaired) electrons. The molecule has 6 heteroatoms. The average Bonchev–Trinajstić information content (AvgIpc) is 2.67. The molecule has 2 N–H and O–H groups in total. The van der Waals surface area contributed by atoms with Gasteiger partial charge in [0.1, 0.15) is 6.04 Å². The lowest BCUT2D eigenvalue weighted by molar-refractivity contribution is -0.144. The van der Waals surface area contributed by atoms with E-state index in [1.165, 1.54) is 6.08 Å². The van der Waals surface area contributed by atoms with E-state index >= 15 is 0 Å². The van der Waals surface area contributed by atoms with Crippen LogP contribution in [-0.4, -0.2) is 32.8 Å². The Bertz CT molecular complexity index is 497. The number of hydrogen-bond donors (Lipinski definition) is 2. The van der Waals surface area contributed by atoms with Crippen LogP contribution < -0.4 is 5.32 Å². The number of aromatic nitrogens is 2. The maximum atomic E-state index is 11.7. The van der Waals surface area contributed by atoms with Crippen molar-refractivity contribution in [3.05, 3.63) is 24.0 Å². The molecule has 1 aromatic rings. The van der Waals surface area contributed by atoms with E-state index in [0.29, 0.717) is 0 Å². The van der Waals surface area contributed by atoms with Crippen LogP contribution in [0.4, 0.5) is 0 Å². The van der Waals surface area contributed by atoms with Crippen LogP contribution in [0.1, 0.15) is 26.5 Å². The zero-order valence-corrected chi connectivity index (χ0v) is 11.5. The first-order valence-electron chi connectivity index (χ1n) is 5.91. The van der Waals surface area contributed by atoms with Gasteiger partial charge in [0.05, 0.1) is 5.69 Å². The second-order valence-electron chi connectivity index (χ2n) is 5.36. The van der Waals surface area contributed by atoms with Gasteiger partial charge in [-0.15, -0.1) is 0 Å². The highest BCUT2D eigenvalue weighted by atomic mass is 16.4. The van der Waals surface area contributed by atoms with Gasteiger partial charge in [-0.2, -0.15) is 5.10 Å². The van der Waals surface area contributed by atoms with Crippen LogP contribution in [0.2, 0.25) is 0 Å². The number of aliphatic carboxylic acids is 1. The van der Waals surface area contributed by atoms with Crippen LogP contribution in [0.3, 0.4) is 0 Å². The number of nitrogens with one attached hydrogen (secondary N) is 1. The highest BCUT2D eigenvalue weighted by Gasteiger charge is 2.31. The van der Waals surface area contributed by atoms with Gasteiger partial charge in [-0.3, -0.25) is 9.48 Å². The van der Waals surface area contributed by atoms with E-state index in [1.807, 2.05) is 0 Å². The minimum atomic E-state index is -1.05. The van der Waals surface area contributed by atoms with Crippen LogP contribution in [0, 0.1) is 5.41 Å². The quantitative estimate of drug-likeness (QED) is 0.797. The maximum Gasteiger partial charge on any atom is 0.326 e. The third-order valence-electron chi connectivity index (χ3n) is 2.66. The van der Waals surface area contributed by atoms with Gasteiger partial charge >= 0.3 is 5.97 Å². The van der Waals surface area contributed by atoms with Gasteiger partial charge in [-0.1, -0.05) is 20.8 Å². The standard InChI is InChI=1S/C13H19N3O3/c1-13(2,3)11(12(18)19)15-10(17)6-5-9-7-8-14-16(9)4/h5-8,11H,1-4H3,(H,15,17)(H,18,19)/b6-5+/t11-/m0/s1. The summed E-state index contributed by atoms with van der Waals surface area (Å²) in [6, 6.07) is 0.818. The number of amides is 1. The van der Waals surface area contributed by atoms with Crippen molar-refractivity contribution < 1.29 is 14.7 Å². The molecule has 104 valence electrons. The van der Waals surface area contributed by atoms with Gasteiger partial charge in [0.15, 0.2) is 0 Å². The Morgan fingerprint density at radius 3 is 2.53 bits per heavy atom. The third-order valence-corrected chi connectivity index (χ3v) is 2.66. The van der Waals surface area contributed by atoms with Crippen molar-refractivity contribution in [3.8, 4) is 0 Å². The molecule has 6 nitrogen and oxygen atoms in total. The highest BCUT2D eigenvalue weighted by molar-refractivity contribution is 5.94. The lowest BCUT2D eigenvalue weighted by Gasteiger charge is -2.27. The molecule has 1 amide bonds. The SMILES string of the molecule is Cn1nccc1/C=C/C(=O)N[C@@H](C(=O)O)C(C)(C)C. The molecule has 0 aliphatic rings. The van der Waals surface area contributed by atoms with E-state index in [0.717, 1.165) is 5.69 Å². The second kappa shape index (κ2) is 5.69. The molecule has 0 spiro atoms. The number of carbonyl (C=O) groups excluding carboxylic acids is 1. The van der Waals surface area contributed by atoms with Crippen molar-refractivity contribution in [3.63, 3.8) is 0 Å². The number of carbonyl (C=O) groups is 2. The molecule has 1 atom stereocenters. The van der Waals surface area contributed by atoms with Crippen molar-refractivity contribution in [2.24, 2.45) is 12.5 Å². The number of rotatable bonds is 4. The molecule has 0 aliphatic carbocycles. The van der Waals surface area contributed by atoms with Crippen LogP contribution in [0.5, 0.6) is 0 Å². The van der Waals surface area contributed by atoms with Crippen molar-refractivity contribution in [1.29, 1.82) is 0 Å². The van der Waals surface area contributed by atoms with Crippen LogP contribution in [0.15, 0.2) is 18.3 Å². The topological polar surface area (TPSA) is 84.2 Å². The summed E-state index contributed by atoms with van der Waals surface area (Å²) >= 11 is 0. The number of carboxylic acids is 1. The van der Waals surface area contributed by atoms with Gasteiger partial charge in [0, 0.05) is 19.3 Å². The smallest absolute Gasteiger partial charge is 0.326 e. The van der Waals surface area contributed by atoms with Crippen LogP contribution >= 0.6 is 0 Å². The second-order valence-corrected chi connectivity index (χ2v) is 5.36. The maximum absolute atomic E-state index is 11.7. The first-order valence-corrected chi connectivity index (χ1v) is 5.91. The molecule has 1 heterocycles. The summed E-state index contributed by atoms with van der Waals surface area (Å²) in [4.78, 5) is 22.8. The molecular weight excluding hydrogens is 246 g/mol. The fourth-order valence-electron chi connectivity index (χ4n) is 1.55. The van der Waals surface area contributed by atoms with E-state index in [9.17, 15) is 9.59 Å². The third kappa shape index (κ3) is 4.24. The Labute approximate surface area is 112 Å². The van der Waals surface area contributed by atoms with Crippen LogP contribution in [-0.2, 0) is 16.6 Å². The average molecular weight is 265 g/mol. The minimum absolute atomic E-state index is 0.441. The Balaban J connectivity index is 2.72. The lowest BCUT2D eigenvalue weighted by Crippen LogP contribution is -2.48. The predicted octanol–water partition coefficient (Wildman–Crippen LogP) is 1.05. The fraction of sp³-hybridized carbons (Fsp3) is 0.462. The Hall–Kier alpha value is -2.11. The Kier molecular flexibility index (Phi) is 4.47. The zero-order chi connectivity index (χ0) is 14.6. The van der Waals surface area contributed by atoms with Gasteiger partial charge in [-0.25, -0.2) is 4.79 Å². The lowest BCUT2D eigenvalue weighted by atomic mass is 9.87. The first-order chi connectivity index (χ1) is 8.71. The van der Waals surface area contributed by atoms with Crippen LogP contribution in [0.25, 0.3) is 6.08 Å². The number of aryl methyl sites for hydroxylation is 1.